The smallest absolute Gasteiger partial charge is 0.241 e. The van der Waals surface area contributed by atoms with Crippen LogP contribution in [0.1, 0.15) is 13.3 Å². The largest absolute Gasteiger partial charge is 0.363 e. The average Bonchev–Trinajstić information content (AvgIpc) is 2.55. The van der Waals surface area contributed by atoms with E-state index in [1.807, 2.05) is 6.92 Å². The van der Waals surface area contributed by atoms with Gasteiger partial charge in [0, 0.05) is 0 Å². The first-order valence-corrected chi connectivity index (χ1v) is 3.70. The van der Waals surface area contributed by atoms with E-state index in [9.17, 15) is 4.79 Å². The molecular weight excluding hydrogens is 158 g/mol. The molecule has 12 heavy (non-hydrogen) atoms. The molecule has 5 heteroatoms. The molecule has 3 N–H and O–H groups in total. The maximum atomic E-state index is 11.1. The Kier molecular flexibility index (Phi) is 2.82. The fraction of sp³-hybridized carbons (Fsp3) is 0.429. The van der Waals surface area contributed by atoms with Crippen molar-refractivity contribution < 1.29 is 9.32 Å². The van der Waals surface area contributed by atoms with E-state index in [0.717, 1.165) is 0 Å². The molecule has 1 aromatic rings. The first-order chi connectivity index (χ1) is 5.74. The molecule has 0 bridgehead atoms. The molecule has 0 radical (unpaired) electrons. The van der Waals surface area contributed by atoms with Crippen LogP contribution in [0.4, 0.5) is 5.69 Å². The quantitative estimate of drug-likeness (QED) is 0.684. The molecule has 1 aromatic heterocycles. The Labute approximate surface area is 69.9 Å². The van der Waals surface area contributed by atoms with Gasteiger partial charge in [0.05, 0.1) is 12.2 Å². The maximum Gasteiger partial charge on any atom is 0.241 e. The zero-order chi connectivity index (χ0) is 8.97. The summed E-state index contributed by atoms with van der Waals surface area (Å²) in [6.45, 7) is 1.85. The summed E-state index contributed by atoms with van der Waals surface area (Å²) in [5.41, 5.74) is 6.00. The standard InChI is InChI=1S/C7H11N3O2/c1-2-6(8)7(11)10-5-3-9-12-4-5/h3-4,6H,2,8H2,1H3,(H,10,11). The Hall–Kier alpha value is -1.36. The highest BCUT2D eigenvalue weighted by molar-refractivity contribution is 5.94. The van der Waals surface area contributed by atoms with Crippen LogP contribution >= 0.6 is 0 Å². The van der Waals surface area contributed by atoms with Crippen molar-refractivity contribution >= 4 is 11.6 Å². The number of aromatic nitrogens is 1. The van der Waals surface area contributed by atoms with Crippen LogP contribution in [0.3, 0.4) is 0 Å². The summed E-state index contributed by atoms with van der Waals surface area (Å²) < 4.78 is 4.52. The lowest BCUT2D eigenvalue weighted by Gasteiger charge is -2.06. The van der Waals surface area contributed by atoms with Gasteiger partial charge in [0.25, 0.3) is 0 Å². The van der Waals surface area contributed by atoms with Crippen LogP contribution in [0, 0.1) is 0 Å². The third kappa shape index (κ3) is 2.06. The third-order valence-electron chi connectivity index (χ3n) is 1.48. The van der Waals surface area contributed by atoms with Crippen molar-refractivity contribution in [3.8, 4) is 0 Å². The highest BCUT2D eigenvalue weighted by atomic mass is 16.5. The predicted octanol–water partition coefficient (Wildman–Crippen LogP) is 0.350. The molecule has 66 valence electrons. The van der Waals surface area contributed by atoms with E-state index < -0.39 is 6.04 Å². The highest BCUT2D eigenvalue weighted by Crippen LogP contribution is 2.04. The monoisotopic (exact) mass is 169 g/mol. The minimum atomic E-state index is -0.472. The summed E-state index contributed by atoms with van der Waals surface area (Å²) in [5.74, 6) is -0.222. The Morgan fingerprint density at radius 3 is 3.17 bits per heavy atom. The molecule has 0 saturated heterocycles. The SMILES string of the molecule is CCC(N)C(=O)Nc1cnoc1. The molecule has 0 saturated carbocycles. The number of carbonyl (C=O) groups is 1. The molecule has 1 unspecified atom stereocenters. The van der Waals surface area contributed by atoms with E-state index in [2.05, 4.69) is 15.0 Å². The van der Waals surface area contributed by atoms with Crippen LogP contribution in [0.2, 0.25) is 0 Å². The van der Waals surface area contributed by atoms with Gasteiger partial charge in [-0.25, -0.2) is 0 Å². The number of rotatable bonds is 3. The number of carbonyl (C=O) groups excluding carboxylic acids is 1. The van der Waals surface area contributed by atoms with E-state index in [4.69, 9.17) is 5.73 Å². The van der Waals surface area contributed by atoms with Gasteiger partial charge in [0.1, 0.15) is 12.0 Å². The molecule has 0 spiro atoms. The maximum absolute atomic E-state index is 11.1. The van der Waals surface area contributed by atoms with Crippen molar-refractivity contribution in [2.75, 3.05) is 5.32 Å². The van der Waals surface area contributed by atoms with Crippen LogP contribution in [0.5, 0.6) is 0 Å². The lowest BCUT2D eigenvalue weighted by Crippen LogP contribution is -2.34. The van der Waals surface area contributed by atoms with Gasteiger partial charge < -0.3 is 15.6 Å². The Bertz CT molecular complexity index is 245. The zero-order valence-electron chi connectivity index (χ0n) is 6.78. The van der Waals surface area contributed by atoms with Crippen molar-refractivity contribution in [1.29, 1.82) is 0 Å². The molecule has 1 atom stereocenters. The van der Waals surface area contributed by atoms with Crippen molar-refractivity contribution in [2.45, 2.75) is 19.4 Å². The summed E-state index contributed by atoms with van der Waals surface area (Å²) in [4.78, 5) is 11.1. The molecule has 0 fully saturated rings. The lowest BCUT2D eigenvalue weighted by molar-refractivity contribution is -0.117. The summed E-state index contributed by atoms with van der Waals surface area (Å²) in [6, 6.07) is -0.472. The van der Waals surface area contributed by atoms with E-state index in [0.29, 0.717) is 12.1 Å². The first-order valence-electron chi connectivity index (χ1n) is 3.70. The molecule has 0 aliphatic heterocycles. The van der Waals surface area contributed by atoms with Gasteiger partial charge in [-0.2, -0.15) is 0 Å². The molecule has 0 aromatic carbocycles. The zero-order valence-corrected chi connectivity index (χ0v) is 6.78. The lowest BCUT2D eigenvalue weighted by atomic mass is 10.2. The summed E-state index contributed by atoms with van der Waals surface area (Å²) in [6.07, 6.45) is 3.37. The van der Waals surface area contributed by atoms with Gasteiger partial charge in [-0.15, -0.1) is 0 Å². The molecule has 1 rings (SSSR count). The third-order valence-corrected chi connectivity index (χ3v) is 1.48. The van der Waals surface area contributed by atoms with Gasteiger partial charge in [0.15, 0.2) is 0 Å². The summed E-state index contributed by atoms with van der Waals surface area (Å²) >= 11 is 0. The van der Waals surface area contributed by atoms with E-state index in [1.165, 1.54) is 12.5 Å². The van der Waals surface area contributed by atoms with Gasteiger partial charge >= 0.3 is 0 Å². The van der Waals surface area contributed by atoms with Gasteiger partial charge in [0.2, 0.25) is 5.91 Å². The number of hydrogen-bond donors (Lipinski definition) is 2. The summed E-state index contributed by atoms with van der Waals surface area (Å²) in [5, 5.41) is 5.98. The molecule has 0 aliphatic rings. The fourth-order valence-corrected chi connectivity index (χ4v) is 0.687. The summed E-state index contributed by atoms with van der Waals surface area (Å²) in [7, 11) is 0. The second kappa shape index (κ2) is 3.87. The van der Waals surface area contributed by atoms with Crippen molar-refractivity contribution in [2.24, 2.45) is 5.73 Å². The van der Waals surface area contributed by atoms with Gasteiger partial charge in [-0.05, 0) is 6.42 Å². The second-order valence-corrected chi connectivity index (χ2v) is 2.42. The number of amides is 1. The Morgan fingerprint density at radius 1 is 1.92 bits per heavy atom. The molecule has 1 heterocycles. The average molecular weight is 169 g/mol. The predicted molar refractivity (Wildman–Crippen MR) is 43.4 cm³/mol. The van der Waals surface area contributed by atoms with Gasteiger partial charge in [-0.1, -0.05) is 12.1 Å². The number of nitrogens with zero attached hydrogens (tertiary/aromatic N) is 1. The number of anilines is 1. The van der Waals surface area contributed by atoms with Crippen molar-refractivity contribution in [1.82, 2.24) is 5.16 Å². The Balaban J connectivity index is 2.47. The number of hydrogen-bond acceptors (Lipinski definition) is 4. The topological polar surface area (TPSA) is 81.2 Å². The van der Waals surface area contributed by atoms with Crippen LogP contribution in [0.15, 0.2) is 17.0 Å². The minimum Gasteiger partial charge on any atom is -0.363 e. The van der Waals surface area contributed by atoms with Crippen molar-refractivity contribution in [3.63, 3.8) is 0 Å². The molecule has 5 nitrogen and oxygen atoms in total. The normalized spacial score (nSPS) is 12.5. The second-order valence-electron chi connectivity index (χ2n) is 2.42. The number of nitrogens with two attached hydrogens (primary N) is 1. The van der Waals surface area contributed by atoms with Crippen LogP contribution in [-0.2, 0) is 4.79 Å². The van der Waals surface area contributed by atoms with Crippen LogP contribution in [0.25, 0.3) is 0 Å². The van der Waals surface area contributed by atoms with Gasteiger partial charge in [-0.3, -0.25) is 4.79 Å². The van der Waals surface area contributed by atoms with E-state index in [-0.39, 0.29) is 5.91 Å². The first kappa shape index (κ1) is 8.73. The fourth-order valence-electron chi connectivity index (χ4n) is 0.687. The van der Waals surface area contributed by atoms with E-state index in [1.54, 1.807) is 0 Å². The highest BCUT2D eigenvalue weighted by Gasteiger charge is 2.11. The minimum absolute atomic E-state index is 0.222. The Morgan fingerprint density at radius 2 is 2.67 bits per heavy atom. The molecule has 0 aliphatic carbocycles. The number of nitrogens with one attached hydrogen (secondary N) is 1. The van der Waals surface area contributed by atoms with Crippen molar-refractivity contribution in [3.05, 3.63) is 12.5 Å². The van der Waals surface area contributed by atoms with Crippen LogP contribution in [-0.4, -0.2) is 17.1 Å². The van der Waals surface area contributed by atoms with Crippen LogP contribution < -0.4 is 11.1 Å². The van der Waals surface area contributed by atoms with E-state index >= 15 is 0 Å². The molecular formula is C7H11N3O2. The molecule has 1 amide bonds.